The summed E-state index contributed by atoms with van der Waals surface area (Å²) in [5.41, 5.74) is -0.723. The summed E-state index contributed by atoms with van der Waals surface area (Å²) in [7, 11) is 0. The fourth-order valence-electron chi connectivity index (χ4n) is 6.61. The molecule has 1 aromatic carbocycles. The molecule has 4 amide bonds. The van der Waals surface area contributed by atoms with Crippen LogP contribution in [0.5, 0.6) is 5.75 Å². The molecule has 3 aliphatic rings. The van der Waals surface area contributed by atoms with E-state index in [9.17, 15) is 29.1 Å². The molecule has 0 bridgehead atoms. The minimum atomic E-state index is -1.34. The largest absolute Gasteiger partial charge is 0.488 e. The molecule has 0 radical (unpaired) electrons. The number of nitrogens with zero attached hydrogens (tertiary/aromatic N) is 2. The van der Waals surface area contributed by atoms with Gasteiger partial charge in [-0.2, -0.15) is 0 Å². The van der Waals surface area contributed by atoms with Gasteiger partial charge in [0.1, 0.15) is 35.5 Å². The number of ether oxygens (including phenoxy) is 1. The molecule has 2 unspecified atom stereocenters. The average Bonchev–Trinajstić information content (AvgIpc) is 3.68. The third-order valence-electron chi connectivity index (χ3n) is 9.32. The van der Waals surface area contributed by atoms with Crippen molar-refractivity contribution in [2.45, 2.75) is 102 Å². The van der Waals surface area contributed by atoms with E-state index in [4.69, 9.17) is 16.3 Å². The maximum atomic E-state index is 14.3. The van der Waals surface area contributed by atoms with Gasteiger partial charge in [0.05, 0.1) is 12.1 Å². The van der Waals surface area contributed by atoms with Crippen LogP contribution in [0.25, 0.3) is 10.9 Å². The summed E-state index contributed by atoms with van der Waals surface area (Å²) >= 11 is 6.15. The van der Waals surface area contributed by atoms with Crippen molar-refractivity contribution in [3.8, 4) is 5.75 Å². The molecule has 2 heterocycles. The van der Waals surface area contributed by atoms with E-state index >= 15 is 0 Å². The van der Waals surface area contributed by atoms with Crippen molar-refractivity contribution in [2.75, 3.05) is 6.54 Å². The number of benzene rings is 1. The Kier molecular flexibility index (Phi) is 10.0. The number of carbonyl (C=O) groups excluding carboxylic acids is 4. The Labute approximate surface area is 273 Å². The van der Waals surface area contributed by atoms with Crippen LogP contribution in [0.1, 0.15) is 72.1 Å². The highest BCUT2D eigenvalue weighted by Gasteiger charge is 2.54. The van der Waals surface area contributed by atoms with Gasteiger partial charge in [0.15, 0.2) is 0 Å². The molecule has 46 heavy (non-hydrogen) atoms. The van der Waals surface area contributed by atoms with E-state index in [-0.39, 0.29) is 30.7 Å². The molecule has 2 saturated carbocycles. The van der Waals surface area contributed by atoms with Crippen LogP contribution in [0.3, 0.4) is 0 Å². The van der Waals surface area contributed by atoms with Gasteiger partial charge in [0.2, 0.25) is 23.6 Å². The number of nitrogens with one attached hydrogen (secondary N) is 3. The normalized spacial score (nSPS) is 22.2. The number of fused-ring (bicyclic) bond motifs is 1. The summed E-state index contributed by atoms with van der Waals surface area (Å²) in [6.07, 6.45) is 6.29. The lowest BCUT2D eigenvalue weighted by Crippen LogP contribution is -2.60. The van der Waals surface area contributed by atoms with Gasteiger partial charge in [-0.25, -0.2) is 4.79 Å². The third-order valence-corrected chi connectivity index (χ3v) is 9.56. The zero-order valence-electron chi connectivity index (χ0n) is 26.4. The second-order valence-electron chi connectivity index (χ2n) is 13.1. The molecule has 4 atom stereocenters. The number of hydrogen-bond donors (Lipinski definition) is 4. The smallest absolute Gasteiger partial charge is 0.329 e. The molecule has 5 rings (SSSR count). The maximum absolute atomic E-state index is 14.3. The summed E-state index contributed by atoms with van der Waals surface area (Å²) in [6.45, 7) is 5.00. The van der Waals surface area contributed by atoms with Gasteiger partial charge in [-0.3, -0.25) is 24.2 Å². The predicted octanol–water partition coefficient (Wildman–Crippen LogP) is 3.20. The van der Waals surface area contributed by atoms with Crippen molar-refractivity contribution >= 4 is 52.1 Å². The standard InChI is InChI=1S/C33H42ClN5O7/c1-18(2)27(37-30(42)28(36-19(3)40)20-7-5-4-6-8-20)31(43)39-17-22(16-25(39)29(41)38-33(12-13-33)32(44)45)46-26-11-14-35-24-15-21(34)9-10-23(24)26/h9-11,14-15,18,20,22,25,27-28H,4-8,12-13,16-17H2,1-3H3,(H,36,40)(H,37,42)(H,38,41)(H,44,45)/t22?,25?,27-,28-/m0/s1. The van der Waals surface area contributed by atoms with Crippen molar-refractivity contribution < 1.29 is 33.8 Å². The molecule has 13 heteroatoms. The Morgan fingerprint density at radius 3 is 2.41 bits per heavy atom. The van der Waals surface area contributed by atoms with Crippen molar-refractivity contribution in [3.63, 3.8) is 0 Å². The van der Waals surface area contributed by atoms with E-state index in [1.807, 2.05) is 0 Å². The Bertz CT molecular complexity index is 1510. The fourth-order valence-corrected chi connectivity index (χ4v) is 6.77. The Hall–Kier alpha value is -3.93. The Balaban J connectivity index is 1.39. The number of carbonyl (C=O) groups is 5. The Morgan fingerprint density at radius 2 is 1.78 bits per heavy atom. The number of aromatic nitrogens is 1. The first-order valence-corrected chi connectivity index (χ1v) is 16.4. The number of amides is 4. The molecule has 1 saturated heterocycles. The Morgan fingerprint density at radius 1 is 1.07 bits per heavy atom. The number of carboxylic acid groups (broad SMARTS) is 1. The molecule has 1 aromatic heterocycles. The minimum Gasteiger partial charge on any atom is -0.488 e. The number of rotatable bonds is 11. The first-order chi connectivity index (χ1) is 21.9. The molecule has 1 aliphatic heterocycles. The summed E-state index contributed by atoms with van der Waals surface area (Å²) in [6, 6.07) is 4.11. The maximum Gasteiger partial charge on any atom is 0.329 e. The second-order valence-corrected chi connectivity index (χ2v) is 13.6. The van der Waals surface area contributed by atoms with Crippen molar-refractivity contribution in [1.29, 1.82) is 0 Å². The molecule has 12 nitrogen and oxygen atoms in total. The van der Waals surface area contributed by atoms with Crippen LogP contribution in [-0.4, -0.2) is 80.9 Å². The van der Waals surface area contributed by atoms with Gasteiger partial charge < -0.3 is 30.7 Å². The lowest BCUT2D eigenvalue weighted by molar-refractivity contribution is -0.146. The SMILES string of the molecule is CC(=O)N[C@H](C(=O)N[C@H](C(=O)N1CC(Oc2ccnc3cc(Cl)ccc23)CC1C(=O)NC1(C(=O)O)CC1)C(C)C)C1CCCCC1. The molecular formula is C33H42ClN5O7. The van der Waals surface area contributed by atoms with Gasteiger partial charge in [-0.05, 0) is 61.8 Å². The molecule has 248 valence electrons. The predicted molar refractivity (Wildman–Crippen MR) is 170 cm³/mol. The fraction of sp³-hybridized carbons (Fsp3) is 0.576. The van der Waals surface area contributed by atoms with Gasteiger partial charge in [-0.15, -0.1) is 0 Å². The van der Waals surface area contributed by atoms with Gasteiger partial charge in [-0.1, -0.05) is 44.7 Å². The lowest BCUT2D eigenvalue weighted by atomic mass is 9.83. The first-order valence-electron chi connectivity index (χ1n) is 16.0. The topological polar surface area (TPSA) is 167 Å². The van der Waals surface area contributed by atoms with Gasteiger partial charge >= 0.3 is 5.97 Å². The summed E-state index contributed by atoms with van der Waals surface area (Å²) < 4.78 is 6.36. The highest BCUT2D eigenvalue weighted by Crippen LogP contribution is 2.37. The average molecular weight is 656 g/mol. The van der Waals surface area contributed by atoms with Crippen molar-refractivity contribution in [2.24, 2.45) is 11.8 Å². The van der Waals surface area contributed by atoms with E-state index < -0.39 is 53.5 Å². The number of carboxylic acids is 1. The van der Waals surface area contributed by atoms with E-state index in [0.717, 1.165) is 32.1 Å². The van der Waals surface area contributed by atoms with E-state index in [1.165, 1.54) is 11.8 Å². The zero-order valence-corrected chi connectivity index (χ0v) is 27.1. The molecule has 3 fully saturated rings. The highest BCUT2D eigenvalue weighted by molar-refractivity contribution is 6.31. The van der Waals surface area contributed by atoms with Gasteiger partial charge in [0, 0.05) is 30.0 Å². The number of likely N-dealkylation sites (tertiary alicyclic amines) is 1. The van der Waals surface area contributed by atoms with Crippen LogP contribution in [-0.2, 0) is 24.0 Å². The first kappa shape index (κ1) is 33.4. The van der Waals surface area contributed by atoms with Crippen LogP contribution in [0.15, 0.2) is 30.5 Å². The monoisotopic (exact) mass is 655 g/mol. The minimum absolute atomic E-state index is 0.0330. The number of hydrogen-bond acceptors (Lipinski definition) is 7. The number of pyridine rings is 1. The third kappa shape index (κ3) is 7.37. The van der Waals surface area contributed by atoms with Crippen LogP contribution in [0.2, 0.25) is 5.02 Å². The molecule has 2 aromatic rings. The molecule has 0 spiro atoms. The number of halogens is 1. The van der Waals surface area contributed by atoms with Crippen LogP contribution in [0.4, 0.5) is 0 Å². The highest BCUT2D eigenvalue weighted by atomic mass is 35.5. The zero-order chi connectivity index (χ0) is 33.2. The summed E-state index contributed by atoms with van der Waals surface area (Å²) in [5.74, 6) is -2.84. The van der Waals surface area contributed by atoms with Crippen molar-refractivity contribution in [1.82, 2.24) is 25.8 Å². The van der Waals surface area contributed by atoms with Gasteiger partial charge in [0.25, 0.3) is 0 Å². The van der Waals surface area contributed by atoms with Crippen molar-refractivity contribution in [3.05, 3.63) is 35.5 Å². The van der Waals surface area contributed by atoms with Crippen LogP contribution in [0, 0.1) is 11.8 Å². The molecule has 2 aliphatic carbocycles. The van der Waals surface area contributed by atoms with Crippen LogP contribution >= 0.6 is 11.6 Å². The van der Waals surface area contributed by atoms with E-state index in [2.05, 4.69) is 20.9 Å². The van der Waals surface area contributed by atoms with E-state index in [0.29, 0.717) is 34.5 Å². The summed E-state index contributed by atoms with van der Waals surface area (Å²) in [4.78, 5) is 71.2. The quantitative estimate of drug-likeness (QED) is 0.286. The molecular weight excluding hydrogens is 614 g/mol. The second kappa shape index (κ2) is 13.8. The molecule has 4 N–H and O–H groups in total. The lowest BCUT2D eigenvalue weighted by Gasteiger charge is -2.34. The van der Waals surface area contributed by atoms with Crippen LogP contribution < -0.4 is 20.7 Å². The number of aliphatic carboxylic acids is 1. The summed E-state index contributed by atoms with van der Waals surface area (Å²) in [5, 5.41) is 19.3. The van der Waals surface area contributed by atoms with E-state index in [1.54, 1.807) is 44.3 Å².